The Bertz CT molecular complexity index is 819. The number of fused-ring (bicyclic) bond motifs is 1. The van der Waals surface area contributed by atoms with Crippen molar-refractivity contribution in [2.24, 2.45) is 13.0 Å². The molecule has 0 bridgehead atoms. The zero-order chi connectivity index (χ0) is 17.1. The summed E-state index contributed by atoms with van der Waals surface area (Å²) < 4.78 is 2.06. The Morgan fingerprint density at radius 2 is 1.92 bits per heavy atom. The lowest BCUT2D eigenvalue weighted by Gasteiger charge is -2.21. The summed E-state index contributed by atoms with van der Waals surface area (Å²) in [6.07, 6.45) is 5.70. The van der Waals surface area contributed by atoms with Crippen molar-refractivity contribution < 1.29 is 4.79 Å². The lowest BCUT2D eigenvalue weighted by atomic mass is 10.0. The topological polar surface area (TPSA) is 64.7 Å². The summed E-state index contributed by atoms with van der Waals surface area (Å²) in [6, 6.07) is 8.14. The average molecular weight is 325 g/mol. The molecule has 1 atom stereocenters. The number of aryl methyl sites for hydroxylation is 1. The molecule has 2 heterocycles. The number of benzene rings is 1. The van der Waals surface area contributed by atoms with Crippen LogP contribution in [0.3, 0.4) is 0 Å². The van der Waals surface area contributed by atoms with Gasteiger partial charge in [0.2, 0.25) is 5.91 Å². The fraction of sp³-hybridized carbons (Fsp3) is 0.389. The van der Waals surface area contributed by atoms with Crippen LogP contribution in [0.1, 0.15) is 19.4 Å². The van der Waals surface area contributed by atoms with Gasteiger partial charge in [-0.15, -0.1) is 0 Å². The molecule has 126 valence electrons. The van der Waals surface area contributed by atoms with Crippen LogP contribution in [0.25, 0.3) is 10.9 Å². The SMILES string of the molecule is CC(C)C(Cn1nccn1)NC(=O)Cc1cn(C)c2ccccc12. The Hall–Kier alpha value is -2.63. The van der Waals surface area contributed by atoms with Crippen LogP contribution in [0.15, 0.2) is 42.9 Å². The van der Waals surface area contributed by atoms with Gasteiger partial charge in [0.25, 0.3) is 0 Å². The summed E-state index contributed by atoms with van der Waals surface area (Å²) in [4.78, 5) is 14.2. The molecular formula is C18H23N5O. The number of nitrogens with one attached hydrogen (secondary N) is 1. The Labute approximate surface area is 141 Å². The van der Waals surface area contributed by atoms with Crippen LogP contribution in [-0.2, 0) is 24.8 Å². The third-order valence-electron chi connectivity index (χ3n) is 4.31. The predicted molar refractivity (Wildman–Crippen MR) is 93.4 cm³/mol. The van der Waals surface area contributed by atoms with Gasteiger partial charge >= 0.3 is 0 Å². The van der Waals surface area contributed by atoms with E-state index in [1.165, 1.54) is 0 Å². The van der Waals surface area contributed by atoms with Crippen LogP contribution in [0.5, 0.6) is 0 Å². The summed E-state index contributed by atoms with van der Waals surface area (Å²) in [5, 5.41) is 12.5. The first-order chi connectivity index (χ1) is 11.5. The predicted octanol–water partition coefficient (Wildman–Crippen LogP) is 2.15. The third kappa shape index (κ3) is 3.48. The van der Waals surface area contributed by atoms with Crippen molar-refractivity contribution in [1.29, 1.82) is 0 Å². The van der Waals surface area contributed by atoms with Crippen molar-refractivity contribution in [2.45, 2.75) is 32.9 Å². The van der Waals surface area contributed by atoms with E-state index in [9.17, 15) is 4.79 Å². The summed E-state index contributed by atoms with van der Waals surface area (Å²) >= 11 is 0. The number of carbonyl (C=O) groups is 1. The Morgan fingerprint density at radius 3 is 2.62 bits per heavy atom. The highest BCUT2D eigenvalue weighted by molar-refractivity contribution is 5.89. The van der Waals surface area contributed by atoms with Crippen molar-refractivity contribution in [3.8, 4) is 0 Å². The first-order valence-corrected chi connectivity index (χ1v) is 8.21. The van der Waals surface area contributed by atoms with Gasteiger partial charge in [-0.05, 0) is 17.5 Å². The largest absolute Gasteiger partial charge is 0.351 e. The fourth-order valence-corrected chi connectivity index (χ4v) is 2.93. The molecular weight excluding hydrogens is 302 g/mol. The molecule has 3 aromatic rings. The van der Waals surface area contributed by atoms with Gasteiger partial charge in [0.1, 0.15) is 0 Å². The summed E-state index contributed by atoms with van der Waals surface area (Å²) in [5.41, 5.74) is 2.19. The van der Waals surface area contributed by atoms with Crippen LogP contribution in [0.4, 0.5) is 0 Å². The Kier molecular flexibility index (Phi) is 4.64. The minimum Gasteiger partial charge on any atom is -0.351 e. The van der Waals surface area contributed by atoms with Crippen LogP contribution < -0.4 is 5.32 Å². The lowest BCUT2D eigenvalue weighted by Crippen LogP contribution is -2.42. The minimum absolute atomic E-state index is 0.000114. The normalized spacial score (nSPS) is 12.7. The first kappa shape index (κ1) is 16.2. The van der Waals surface area contributed by atoms with E-state index in [0.29, 0.717) is 18.9 Å². The molecule has 2 aromatic heterocycles. The average Bonchev–Trinajstić information content (AvgIpc) is 3.16. The zero-order valence-corrected chi connectivity index (χ0v) is 14.3. The number of carbonyl (C=O) groups excluding carboxylic acids is 1. The number of aromatic nitrogens is 4. The first-order valence-electron chi connectivity index (χ1n) is 8.21. The van der Waals surface area contributed by atoms with E-state index in [4.69, 9.17) is 0 Å². The molecule has 1 amide bonds. The number of nitrogens with zero attached hydrogens (tertiary/aromatic N) is 4. The summed E-state index contributed by atoms with van der Waals surface area (Å²) in [7, 11) is 2.00. The van der Waals surface area contributed by atoms with Crippen molar-refractivity contribution in [1.82, 2.24) is 24.9 Å². The van der Waals surface area contributed by atoms with Crippen LogP contribution in [0, 0.1) is 5.92 Å². The number of amides is 1. The van der Waals surface area contributed by atoms with E-state index in [0.717, 1.165) is 16.5 Å². The lowest BCUT2D eigenvalue weighted by molar-refractivity contribution is -0.121. The Balaban J connectivity index is 1.71. The second-order valence-electron chi connectivity index (χ2n) is 6.46. The molecule has 0 spiro atoms. The molecule has 0 radical (unpaired) electrons. The summed E-state index contributed by atoms with van der Waals surface area (Å²) in [5.74, 6) is 0.324. The monoisotopic (exact) mass is 325 g/mol. The van der Waals surface area contributed by atoms with Gasteiger partial charge in [-0.1, -0.05) is 32.0 Å². The van der Waals surface area contributed by atoms with E-state index < -0.39 is 0 Å². The molecule has 0 aliphatic heterocycles. The van der Waals surface area contributed by atoms with Gasteiger partial charge in [0.15, 0.2) is 0 Å². The molecule has 3 rings (SSSR count). The van der Waals surface area contributed by atoms with Gasteiger partial charge in [-0.2, -0.15) is 15.0 Å². The smallest absolute Gasteiger partial charge is 0.224 e. The van der Waals surface area contributed by atoms with Crippen molar-refractivity contribution in [3.63, 3.8) is 0 Å². The molecule has 1 N–H and O–H groups in total. The number of hydrogen-bond acceptors (Lipinski definition) is 3. The second kappa shape index (κ2) is 6.86. The zero-order valence-electron chi connectivity index (χ0n) is 14.3. The van der Waals surface area contributed by atoms with Gasteiger partial charge in [0.05, 0.1) is 31.4 Å². The van der Waals surface area contributed by atoms with E-state index in [2.05, 4.69) is 46.1 Å². The van der Waals surface area contributed by atoms with Crippen molar-refractivity contribution in [2.75, 3.05) is 0 Å². The number of hydrogen-bond donors (Lipinski definition) is 1. The van der Waals surface area contributed by atoms with E-state index in [1.54, 1.807) is 17.2 Å². The van der Waals surface area contributed by atoms with Gasteiger partial charge in [0, 0.05) is 24.1 Å². The molecule has 0 aliphatic rings. The molecule has 0 aliphatic carbocycles. The number of rotatable bonds is 6. The van der Waals surface area contributed by atoms with Crippen LogP contribution in [0.2, 0.25) is 0 Å². The maximum atomic E-state index is 12.5. The standard InChI is InChI=1S/C18H23N5O/c1-13(2)16(12-23-19-8-9-20-23)21-18(24)10-14-11-22(3)17-7-5-4-6-15(14)17/h4-9,11,13,16H,10,12H2,1-3H3,(H,21,24). The van der Waals surface area contributed by atoms with E-state index in [1.807, 2.05) is 25.4 Å². The third-order valence-corrected chi connectivity index (χ3v) is 4.31. The molecule has 24 heavy (non-hydrogen) atoms. The van der Waals surface area contributed by atoms with E-state index >= 15 is 0 Å². The van der Waals surface area contributed by atoms with Crippen LogP contribution in [-0.4, -0.2) is 31.5 Å². The highest BCUT2D eigenvalue weighted by Gasteiger charge is 2.19. The van der Waals surface area contributed by atoms with Gasteiger partial charge < -0.3 is 9.88 Å². The molecule has 1 unspecified atom stereocenters. The van der Waals surface area contributed by atoms with Gasteiger partial charge in [-0.3, -0.25) is 4.79 Å². The van der Waals surface area contributed by atoms with Crippen LogP contribution >= 0.6 is 0 Å². The molecule has 0 fully saturated rings. The Morgan fingerprint density at radius 1 is 1.21 bits per heavy atom. The molecule has 1 aromatic carbocycles. The highest BCUT2D eigenvalue weighted by Crippen LogP contribution is 2.20. The van der Waals surface area contributed by atoms with Gasteiger partial charge in [-0.25, -0.2) is 0 Å². The maximum Gasteiger partial charge on any atom is 0.224 e. The molecule has 6 nitrogen and oxygen atoms in total. The minimum atomic E-state index is -0.000114. The fourth-order valence-electron chi connectivity index (χ4n) is 2.93. The summed E-state index contributed by atoms with van der Waals surface area (Å²) in [6.45, 7) is 4.75. The van der Waals surface area contributed by atoms with Crippen molar-refractivity contribution in [3.05, 3.63) is 48.4 Å². The second-order valence-corrected chi connectivity index (χ2v) is 6.46. The maximum absolute atomic E-state index is 12.5. The molecule has 0 saturated carbocycles. The highest BCUT2D eigenvalue weighted by atomic mass is 16.1. The molecule has 0 saturated heterocycles. The van der Waals surface area contributed by atoms with Crippen molar-refractivity contribution >= 4 is 16.8 Å². The van der Waals surface area contributed by atoms with E-state index in [-0.39, 0.29) is 11.9 Å². The number of para-hydroxylation sites is 1. The quantitative estimate of drug-likeness (QED) is 0.755. The molecule has 6 heteroatoms.